The molecule has 0 aromatic heterocycles. The molecule has 17 heavy (non-hydrogen) atoms. The summed E-state index contributed by atoms with van der Waals surface area (Å²) >= 11 is 0. The van der Waals surface area contributed by atoms with Crippen molar-refractivity contribution >= 4 is 0 Å². The Balaban J connectivity index is 1.91. The van der Waals surface area contributed by atoms with Gasteiger partial charge in [-0.05, 0) is 55.1 Å². The quantitative estimate of drug-likeness (QED) is 0.815. The van der Waals surface area contributed by atoms with Crippen LogP contribution in [0.2, 0.25) is 0 Å². The molecule has 2 atom stereocenters. The monoisotopic (exact) mass is 230 g/mol. The molecular formula is C16H22O. The molecule has 2 saturated carbocycles. The lowest BCUT2D eigenvalue weighted by Gasteiger charge is -2.31. The minimum absolute atomic E-state index is 0.402. The van der Waals surface area contributed by atoms with Crippen LogP contribution < -0.4 is 0 Å². The van der Waals surface area contributed by atoms with E-state index >= 15 is 0 Å². The fourth-order valence-electron chi connectivity index (χ4n) is 3.40. The van der Waals surface area contributed by atoms with E-state index in [-0.39, 0.29) is 0 Å². The van der Waals surface area contributed by atoms with Crippen LogP contribution in [0.15, 0.2) is 24.3 Å². The summed E-state index contributed by atoms with van der Waals surface area (Å²) in [7, 11) is 0. The molecule has 0 aliphatic heterocycles. The molecule has 0 bridgehead atoms. The maximum atomic E-state index is 10.8. The fourth-order valence-corrected chi connectivity index (χ4v) is 3.40. The molecule has 2 unspecified atom stereocenters. The summed E-state index contributed by atoms with van der Waals surface area (Å²) in [6.07, 6.45) is 7.28. The summed E-state index contributed by atoms with van der Waals surface area (Å²) < 4.78 is 0. The molecule has 0 amide bonds. The predicted molar refractivity (Wildman–Crippen MR) is 69.9 cm³/mol. The summed E-state index contributed by atoms with van der Waals surface area (Å²) in [6.45, 7) is 2.18. The zero-order valence-corrected chi connectivity index (χ0v) is 10.7. The fraction of sp³-hybridized carbons (Fsp3) is 0.625. The number of hydrogen-bond acceptors (Lipinski definition) is 1. The highest BCUT2D eigenvalue weighted by atomic mass is 16.3. The molecule has 0 spiro atoms. The average molecular weight is 230 g/mol. The minimum Gasteiger partial charge on any atom is -0.385 e. The first kappa shape index (κ1) is 11.3. The highest BCUT2D eigenvalue weighted by Gasteiger charge is 2.39. The maximum Gasteiger partial charge on any atom is 0.0922 e. The van der Waals surface area contributed by atoms with E-state index in [1.54, 1.807) is 0 Å². The Bertz CT molecular complexity index is 408. The minimum atomic E-state index is -0.556. The van der Waals surface area contributed by atoms with Crippen molar-refractivity contribution in [1.82, 2.24) is 0 Å². The average Bonchev–Trinajstić information content (AvgIpc) is 2.59. The van der Waals surface area contributed by atoms with Gasteiger partial charge in [0, 0.05) is 0 Å². The van der Waals surface area contributed by atoms with Crippen molar-refractivity contribution in [2.75, 3.05) is 0 Å². The second-order valence-corrected chi connectivity index (χ2v) is 5.97. The van der Waals surface area contributed by atoms with E-state index in [0.717, 1.165) is 30.7 Å². The molecule has 1 aromatic rings. The molecule has 1 aromatic carbocycles. The lowest BCUT2D eigenvalue weighted by Crippen LogP contribution is -2.28. The van der Waals surface area contributed by atoms with Gasteiger partial charge < -0.3 is 5.11 Å². The van der Waals surface area contributed by atoms with Crippen LogP contribution in [0.3, 0.4) is 0 Å². The van der Waals surface area contributed by atoms with Crippen LogP contribution in [0.1, 0.15) is 62.5 Å². The number of hydrogen-bond donors (Lipinski definition) is 1. The molecule has 0 saturated heterocycles. The largest absolute Gasteiger partial charge is 0.385 e. The predicted octanol–water partition coefficient (Wildman–Crippen LogP) is 3.96. The van der Waals surface area contributed by atoms with Crippen molar-refractivity contribution < 1.29 is 5.11 Å². The third-order valence-electron chi connectivity index (χ3n) is 4.97. The van der Waals surface area contributed by atoms with Crippen molar-refractivity contribution in [2.45, 2.75) is 57.0 Å². The first-order valence-electron chi connectivity index (χ1n) is 7.03. The number of aliphatic hydroxyl groups is 1. The van der Waals surface area contributed by atoms with Crippen LogP contribution in [0.25, 0.3) is 0 Å². The molecular weight excluding hydrogens is 208 g/mol. The summed E-state index contributed by atoms with van der Waals surface area (Å²) in [6, 6.07) is 8.75. The Hall–Kier alpha value is -0.820. The van der Waals surface area contributed by atoms with Crippen molar-refractivity contribution in [3.05, 3.63) is 35.4 Å². The smallest absolute Gasteiger partial charge is 0.0922 e. The Labute approximate surface area is 104 Å². The normalized spacial score (nSPS) is 33.6. The van der Waals surface area contributed by atoms with E-state index in [9.17, 15) is 5.11 Å². The molecule has 92 valence electrons. The third kappa shape index (κ3) is 1.81. The van der Waals surface area contributed by atoms with Crippen LogP contribution in [0, 0.1) is 5.92 Å². The molecule has 0 heterocycles. The molecule has 0 radical (unpaired) electrons. The molecule has 2 fully saturated rings. The lowest BCUT2D eigenvalue weighted by molar-refractivity contribution is 0.00437. The summed E-state index contributed by atoms with van der Waals surface area (Å²) in [5.41, 5.74) is 2.05. The first-order valence-corrected chi connectivity index (χ1v) is 7.03. The van der Waals surface area contributed by atoms with Crippen LogP contribution in [0.4, 0.5) is 0 Å². The van der Waals surface area contributed by atoms with Gasteiger partial charge in [-0.3, -0.25) is 0 Å². The zero-order valence-electron chi connectivity index (χ0n) is 10.7. The third-order valence-corrected chi connectivity index (χ3v) is 4.97. The molecule has 1 heteroatoms. The number of rotatable bonds is 2. The molecule has 2 aliphatic rings. The molecule has 1 nitrogen and oxygen atoms in total. The van der Waals surface area contributed by atoms with E-state index < -0.39 is 5.60 Å². The standard InChI is InChI=1S/C16H22O/c1-12-5-4-10-16(12,17)15-9-3-8-14(11-15)13-6-2-7-13/h3,8-9,11-13,17H,2,4-7,10H2,1H3. The second-order valence-electron chi connectivity index (χ2n) is 5.97. The lowest BCUT2D eigenvalue weighted by atomic mass is 9.77. The number of benzene rings is 1. The van der Waals surface area contributed by atoms with E-state index in [1.807, 2.05) is 0 Å². The van der Waals surface area contributed by atoms with Gasteiger partial charge in [-0.25, -0.2) is 0 Å². The van der Waals surface area contributed by atoms with E-state index in [4.69, 9.17) is 0 Å². The SMILES string of the molecule is CC1CCCC1(O)c1cccc(C2CCC2)c1. The Kier molecular flexibility index (Phi) is 2.74. The van der Waals surface area contributed by atoms with Crippen LogP contribution in [-0.4, -0.2) is 5.11 Å². The highest BCUT2D eigenvalue weighted by Crippen LogP contribution is 2.45. The van der Waals surface area contributed by atoms with Gasteiger partial charge >= 0.3 is 0 Å². The van der Waals surface area contributed by atoms with Gasteiger partial charge in [0.2, 0.25) is 0 Å². The molecule has 2 aliphatic carbocycles. The Morgan fingerprint density at radius 1 is 1.18 bits per heavy atom. The maximum absolute atomic E-state index is 10.8. The van der Waals surface area contributed by atoms with E-state index in [1.165, 1.54) is 24.8 Å². The van der Waals surface area contributed by atoms with E-state index in [2.05, 4.69) is 31.2 Å². The molecule has 3 rings (SSSR count). The van der Waals surface area contributed by atoms with Gasteiger partial charge in [0.1, 0.15) is 0 Å². The van der Waals surface area contributed by atoms with Crippen molar-refractivity contribution in [1.29, 1.82) is 0 Å². The van der Waals surface area contributed by atoms with Gasteiger partial charge in [-0.1, -0.05) is 37.6 Å². The molecule has 1 N–H and O–H groups in total. The first-order chi connectivity index (χ1) is 8.20. The van der Waals surface area contributed by atoms with Crippen LogP contribution in [-0.2, 0) is 5.60 Å². The second kappa shape index (κ2) is 4.13. The Morgan fingerprint density at radius 2 is 2.00 bits per heavy atom. The van der Waals surface area contributed by atoms with Crippen molar-refractivity contribution in [3.63, 3.8) is 0 Å². The van der Waals surface area contributed by atoms with Gasteiger partial charge in [0.15, 0.2) is 0 Å². The topological polar surface area (TPSA) is 20.2 Å². The van der Waals surface area contributed by atoms with Crippen LogP contribution in [0.5, 0.6) is 0 Å². The summed E-state index contributed by atoms with van der Waals surface area (Å²) in [4.78, 5) is 0. The van der Waals surface area contributed by atoms with Gasteiger partial charge in [0.05, 0.1) is 5.60 Å². The van der Waals surface area contributed by atoms with Crippen molar-refractivity contribution in [3.8, 4) is 0 Å². The van der Waals surface area contributed by atoms with Crippen LogP contribution >= 0.6 is 0 Å². The van der Waals surface area contributed by atoms with E-state index in [0.29, 0.717) is 5.92 Å². The highest BCUT2D eigenvalue weighted by molar-refractivity contribution is 5.32. The Morgan fingerprint density at radius 3 is 2.59 bits per heavy atom. The van der Waals surface area contributed by atoms with Gasteiger partial charge in [0.25, 0.3) is 0 Å². The summed E-state index contributed by atoms with van der Waals surface area (Å²) in [5, 5.41) is 10.8. The van der Waals surface area contributed by atoms with Gasteiger partial charge in [-0.2, -0.15) is 0 Å². The van der Waals surface area contributed by atoms with Gasteiger partial charge in [-0.15, -0.1) is 0 Å². The zero-order chi connectivity index (χ0) is 11.9. The summed E-state index contributed by atoms with van der Waals surface area (Å²) in [5.74, 6) is 1.16. The van der Waals surface area contributed by atoms with Crippen molar-refractivity contribution in [2.24, 2.45) is 5.92 Å².